The molecule has 5 rings (SSSR count). The van der Waals surface area contributed by atoms with Crippen LogP contribution in [0.5, 0.6) is 5.75 Å². The van der Waals surface area contributed by atoms with E-state index < -0.39 is 34.8 Å². The molecule has 4 bridgehead atoms. The lowest BCUT2D eigenvalue weighted by Gasteiger charge is -2.66. The van der Waals surface area contributed by atoms with Crippen molar-refractivity contribution in [1.82, 2.24) is 0 Å². The van der Waals surface area contributed by atoms with E-state index in [1.807, 2.05) is 6.07 Å². The van der Waals surface area contributed by atoms with Crippen LogP contribution in [0.25, 0.3) is 0 Å². The molecule has 0 heterocycles. The quantitative estimate of drug-likeness (QED) is 0.499. The lowest BCUT2D eigenvalue weighted by molar-refractivity contribution is -0.175. The molecule has 0 aliphatic heterocycles. The third-order valence-electron chi connectivity index (χ3n) is 7.19. The maximum atomic E-state index is 11.4. The van der Waals surface area contributed by atoms with Crippen LogP contribution in [0, 0.1) is 22.2 Å². The van der Waals surface area contributed by atoms with Crippen LogP contribution in [0.2, 0.25) is 0 Å². The Morgan fingerprint density at radius 2 is 1.69 bits per heavy atom. The van der Waals surface area contributed by atoms with Gasteiger partial charge in [-0.05, 0) is 79.7 Å². The van der Waals surface area contributed by atoms with Crippen LogP contribution in [0.15, 0.2) is 30.3 Å². The molecule has 6 atom stereocenters. The van der Waals surface area contributed by atoms with Gasteiger partial charge in [0.05, 0.1) is 6.42 Å². The summed E-state index contributed by atoms with van der Waals surface area (Å²) in [7, 11) is 0. The molecule has 32 heavy (non-hydrogen) atoms. The molecule has 0 amide bonds. The van der Waals surface area contributed by atoms with Crippen molar-refractivity contribution in [1.29, 1.82) is 0 Å². The number of hydrogen-bond acceptors (Lipinski definition) is 4. The molecule has 4 aliphatic rings. The highest BCUT2D eigenvalue weighted by atomic mass is 35.5. The summed E-state index contributed by atoms with van der Waals surface area (Å²) in [6.45, 7) is 3.68. The van der Waals surface area contributed by atoms with Gasteiger partial charge in [-0.1, -0.05) is 25.1 Å². The van der Waals surface area contributed by atoms with E-state index in [2.05, 4.69) is 6.92 Å². The fraction of sp³-hybridized carbons (Fsp3) is 0.625. The molecular weight excluding hydrogens is 436 g/mol. The number of carboxylic acids is 3. The van der Waals surface area contributed by atoms with E-state index in [0.29, 0.717) is 18.1 Å². The molecule has 0 saturated heterocycles. The molecule has 1 aromatic rings. The second-order valence-corrected chi connectivity index (χ2v) is 10.8. The average Bonchev–Trinajstić information content (AvgIpc) is 2.65. The van der Waals surface area contributed by atoms with Gasteiger partial charge in [0.15, 0.2) is 6.10 Å². The summed E-state index contributed by atoms with van der Waals surface area (Å²) in [5.41, 5.74) is -0.572. The van der Waals surface area contributed by atoms with Gasteiger partial charge in [0, 0.05) is 0 Å². The average molecular weight is 467 g/mol. The van der Waals surface area contributed by atoms with E-state index in [9.17, 15) is 24.6 Å². The summed E-state index contributed by atoms with van der Waals surface area (Å²) in [6, 6.07) is 8.88. The molecule has 8 heteroatoms. The standard InChI is InChI=1S/C15H21ClO4.C9H10O3/c1-13-2-9-3-14(6-13,5-10(17)18)8-15(4-9,7-13)11(16)12(19)20;1-7(9(10)11)12-8-5-3-2-4-6-8/h9,11H,2-8H2,1H3,(H,17,18)(H,19,20);2-7H,1H3,(H,10,11). The Hall–Kier alpha value is -2.28. The minimum absolute atomic E-state index is 0.0669. The fourth-order valence-corrected chi connectivity index (χ4v) is 7.28. The van der Waals surface area contributed by atoms with E-state index in [-0.39, 0.29) is 17.3 Å². The third-order valence-corrected chi connectivity index (χ3v) is 7.84. The predicted octanol–water partition coefficient (Wildman–Crippen LogP) is 4.67. The number of carbonyl (C=O) groups is 3. The Kier molecular flexibility index (Phi) is 6.80. The second-order valence-electron chi connectivity index (χ2n) is 10.4. The van der Waals surface area contributed by atoms with Gasteiger partial charge >= 0.3 is 17.9 Å². The van der Waals surface area contributed by atoms with Crippen molar-refractivity contribution in [3.63, 3.8) is 0 Å². The van der Waals surface area contributed by atoms with E-state index in [1.165, 1.54) is 6.92 Å². The van der Waals surface area contributed by atoms with E-state index >= 15 is 0 Å². The number of halogens is 1. The first kappa shape index (κ1) is 24.4. The molecule has 4 fully saturated rings. The number of ether oxygens (including phenoxy) is 1. The molecule has 1 aromatic carbocycles. The molecule has 176 valence electrons. The highest BCUT2D eigenvalue weighted by Gasteiger charge is 2.64. The van der Waals surface area contributed by atoms with Crippen molar-refractivity contribution in [2.75, 3.05) is 0 Å². The zero-order valence-electron chi connectivity index (χ0n) is 18.4. The second kappa shape index (κ2) is 8.93. The molecule has 7 nitrogen and oxygen atoms in total. The lowest BCUT2D eigenvalue weighted by atomic mass is 9.39. The number of alkyl halides is 1. The lowest BCUT2D eigenvalue weighted by Crippen LogP contribution is -2.60. The van der Waals surface area contributed by atoms with Crippen molar-refractivity contribution < 1.29 is 34.4 Å². The largest absolute Gasteiger partial charge is 0.481 e. The van der Waals surface area contributed by atoms with Gasteiger partial charge in [-0.3, -0.25) is 9.59 Å². The zero-order chi connectivity index (χ0) is 23.7. The molecule has 4 saturated carbocycles. The number of hydrogen-bond donors (Lipinski definition) is 3. The Labute approximate surface area is 192 Å². The Morgan fingerprint density at radius 3 is 2.22 bits per heavy atom. The van der Waals surface area contributed by atoms with E-state index in [4.69, 9.17) is 21.4 Å². The van der Waals surface area contributed by atoms with Gasteiger partial charge in [-0.2, -0.15) is 0 Å². The predicted molar refractivity (Wildman–Crippen MR) is 118 cm³/mol. The van der Waals surface area contributed by atoms with Gasteiger partial charge in [0.25, 0.3) is 0 Å². The van der Waals surface area contributed by atoms with Crippen LogP contribution in [-0.2, 0) is 14.4 Å². The van der Waals surface area contributed by atoms with Crippen LogP contribution in [0.3, 0.4) is 0 Å². The number of rotatable bonds is 7. The minimum Gasteiger partial charge on any atom is -0.481 e. The normalized spacial score (nSPS) is 34.0. The summed E-state index contributed by atoms with van der Waals surface area (Å²) in [5, 5.41) is 26.2. The topological polar surface area (TPSA) is 121 Å². The van der Waals surface area contributed by atoms with Crippen molar-refractivity contribution in [2.24, 2.45) is 22.2 Å². The molecule has 0 spiro atoms. The maximum absolute atomic E-state index is 11.4. The number of carboxylic acid groups (broad SMARTS) is 3. The minimum atomic E-state index is -0.959. The van der Waals surface area contributed by atoms with Gasteiger partial charge in [-0.15, -0.1) is 11.6 Å². The first-order chi connectivity index (χ1) is 14.9. The maximum Gasteiger partial charge on any atom is 0.344 e. The van der Waals surface area contributed by atoms with Gasteiger partial charge < -0.3 is 20.1 Å². The van der Waals surface area contributed by atoms with Crippen LogP contribution in [0.1, 0.15) is 58.8 Å². The summed E-state index contributed by atoms with van der Waals surface area (Å²) in [5.74, 6) is -1.67. The Balaban J connectivity index is 0.000000207. The summed E-state index contributed by atoms with van der Waals surface area (Å²) in [4.78, 5) is 33.0. The Morgan fingerprint density at radius 1 is 1.03 bits per heavy atom. The third kappa shape index (κ3) is 5.20. The van der Waals surface area contributed by atoms with E-state index in [1.54, 1.807) is 24.3 Å². The monoisotopic (exact) mass is 466 g/mol. The smallest absolute Gasteiger partial charge is 0.344 e. The van der Waals surface area contributed by atoms with E-state index in [0.717, 1.165) is 32.1 Å². The summed E-state index contributed by atoms with van der Waals surface area (Å²) in [6.07, 6.45) is 4.64. The molecule has 0 aromatic heterocycles. The molecular formula is C24H31ClO7. The number of benzene rings is 1. The van der Waals surface area contributed by atoms with Gasteiger partial charge in [-0.25, -0.2) is 4.79 Å². The van der Waals surface area contributed by atoms with Crippen LogP contribution < -0.4 is 4.74 Å². The zero-order valence-corrected chi connectivity index (χ0v) is 19.2. The summed E-state index contributed by atoms with van der Waals surface area (Å²) >= 11 is 6.25. The number of para-hydroxylation sites is 1. The molecule has 4 aliphatic carbocycles. The molecule has 3 N–H and O–H groups in total. The van der Waals surface area contributed by atoms with Crippen LogP contribution in [-0.4, -0.2) is 44.7 Å². The van der Waals surface area contributed by atoms with Crippen LogP contribution >= 0.6 is 11.6 Å². The summed E-state index contributed by atoms with van der Waals surface area (Å²) < 4.78 is 5.08. The SMILES string of the molecule is CC(Oc1ccccc1)C(=O)O.CC12CC3CC(CC(=O)O)(C1)CC(C(Cl)C(=O)O)(C3)C2. The number of aliphatic carboxylic acids is 3. The van der Waals surface area contributed by atoms with Crippen molar-refractivity contribution >= 4 is 29.5 Å². The molecule has 6 unspecified atom stereocenters. The van der Waals surface area contributed by atoms with Crippen LogP contribution in [0.4, 0.5) is 0 Å². The van der Waals surface area contributed by atoms with Gasteiger partial charge in [0.2, 0.25) is 0 Å². The Bertz CT molecular complexity index is 874. The first-order valence-electron chi connectivity index (χ1n) is 10.9. The van der Waals surface area contributed by atoms with Gasteiger partial charge in [0.1, 0.15) is 11.1 Å². The van der Waals surface area contributed by atoms with Crippen molar-refractivity contribution in [2.45, 2.75) is 70.3 Å². The van der Waals surface area contributed by atoms with Crippen molar-refractivity contribution in [3.05, 3.63) is 30.3 Å². The highest BCUT2D eigenvalue weighted by Crippen LogP contribution is 2.71. The highest BCUT2D eigenvalue weighted by molar-refractivity contribution is 6.30. The van der Waals surface area contributed by atoms with Crippen molar-refractivity contribution in [3.8, 4) is 5.75 Å². The fourth-order valence-electron chi connectivity index (χ4n) is 7.04. The first-order valence-corrected chi connectivity index (χ1v) is 11.3. The molecule has 0 radical (unpaired) electrons.